The first-order chi connectivity index (χ1) is 5.30. The molecule has 0 aliphatic rings. The van der Waals surface area contributed by atoms with E-state index in [0.29, 0.717) is 0 Å². The molecule has 6 heteroatoms. The van der Waals surface area contributed by atoms with E-state index in [1.54, 1.807) is 0 Å². The summed E-state index contributed by atoms with van der Waals surface area (Å²) in [7, 11) is -2.45. The summed E-state index contributed by atoms with van der Waals surface area (Å²) in [6, 6.07) is 0. The first-order valence-electron chi connectivity index (χ1n) is 3.40. The average Bonchev–Trinajstić information content (AvgIpc) is 1.98. The lowest BCUT2D eigenvalue weighted by atomic mass is 10.1. The van der Waals surface area contributed by atoms with Gasteiger partial charge >= 0.3 is 5.97 Å². The highest BCUT2D eigenvalue weighted by molar-refractivity contribution is 7.89. The SMILES string of the molecule is COC(=O)C(C)C(C)S(N)(=O)=O. The van der Waals surface area contributed by atoms with E-state index >= 15 is 0 Å². The maximum Gasteiger partial charge on any atom is 0.309 e. The highest BCUT2D eigenvalue weighted by Crippen LogP contribution is 2.10. The van der Waals surface area contributed by atoms with E-state index in [-0.39, 0.29) is 0 Å². The maximum atomic E-state index is 10.9. The Hall–Kier alpha value is -0.620. The second-order valence-corrected chi connectivity index (χ2v) is 4.53. The molecule has 5 nitrogen and oxygen atoms in total. The summed E-state index contributed by atoms with van der Waals surface area (Å²) >= 11 is 0. The van der Waals surface area contributed by atoms with Crippen molar-refractivity contribution >= 4 is 16.0 Å². The third-order valence-electron chi connectivity index (χ3n) is 1.80. The number of esters is 1. The number of carbonyl (C=O) groups is 1. The molecule has 0 aromatic rings. The van der Waals surface area contributed by atoms with Crippen LogP contribution >= 0.6 is 0 Å². The lowest BCUT2D eigenvalue weighted by Gasteiger charge is -2.14. The van der Waals surface area contributed by atoms with Crippen molar-refractivity contribution < 1.29 is 17.9 Å². The molecule has 0 radical (unpaired) electrons. The van der Waals surface area contributed by atoms with Crippen LogP contribution < -0.4 is 5.14 Å². The molecule has 0 amide bonds. The zero-order chi connectivity index (χ0) is 9.94. The van der Waals surface area contributed by atoms with Crippen LogP contribution in [0.15, 0.2) is 0 Å². The minimum atomic E-state index is -3.66. The lowest BCUT2D eigenvalue weighted by molar-refractivity contribution is -0.144. The standard InChI is InChI=1S/C6H13NO4S/c1-4(6(8)11-3)5(2)12(7,9)10/h4-5H,1-3H3,(H2,7,9,10). The van der Waals surface area contributed by atoms with E-state index < -0.39 is 27.2 Å². The monoisotopic (exact) mass is 195 g/mol. The minimum Gasteiger partial charge on any atom is -0.469 e. The Kier molecular flexibility index (Phi) is 3.66. The van der Waals surface area contributed by atoms with Crippen molar-refractivity contribution in [2.45, 2.75) is 19.1 Å². The van der Waals surface area contributed by atoms with Crippen molar-refractivity contribution in [3.63, 3.8) is 0 Å². The Balaban J connectivity index is 4.51. The summed E-state index contributed by atoms with van der Waals surface area (Å²) in [5, 5.41) is 3.92. The van der Waals surface area contributed by atoms with Crippen LogP contribution in [0.4, 0.5) is 0 Å². The molecule has 0 heterocycles. The van der Waals surface area contributed by atoms with Crippen molar-refractivity contribution in [3.05, 3.63) is 0 Å². The second kappa shape index (κ2) is 3.86. The van der Waals surface area contributed by atoms with Crippen LogP contribution in [0.5, 0.6) is 0 Å². The predicted octanol–water partition coefficient (Wildman–Crippen LogP) is -0.527. The van der Waals surface area contributed by atoms with Gasteiger partial charge in [0.25, 0.3) is 0 Å². The Bertz CT molecular complexity index is 259. The molecule has 2 atom stereocenters. The van der Waals surface area contributed by atoms with Crippen molar-refractivity contribution in [2.75, 3.05) is 7.11 Å². The average molecular weight is 195 g/mol. The van der Waals surface area contributed by atoms with Gasteiger partial charge in [0, 0.05) is 0 Å². The maximum absolute atomic E-state index is 10.9. The smallest absolute Gasteiger partial charge is 0.309 e. The number of ether oxygens (including phenoxy) is 1. The fourth-order valence-electron chi connectivity index (χ4n) is 0.662. The molecule has 0 aliphatic heterocycles. The van der Waals surface area contributed by atoms with Crippen LogP contribution in [0.1, 0.15) is 13.8 Å². The van der Waals surface area contributed by atoms with Gasteiger partial charge in [0.1, 0.15) is 0 Å². The number of hydrogen-bond acceptors (Lipinski definition) is 4. The number of nitrogens with two attached hydrogens (primary N) is 1. The Labute approximate surface area is 71.9 Å². The fraction of sp³-hybridized carbons (Fsp3) is 0.833. The van der Waals surface area contributed by atoms with E-state index in [2.05, 4.69) is 4.74 Å². The van der Waals surface area contributed by atoms with Crippen LogP contribution in [0, 0.1) is 5.92 Å². The molecule has 2 unspecified atom stereocenters. The van der Waals surface area contributed by atoms with Crippen LogP contribution in [0.3, 0.4) is 0 Å². The van der Waals surface area contributed by atoms with Gasteiger partial charge < -0.3 is 4.74 Å². The number of hydrogen-bond donors (Lipinski definition) is 1. The van der Waals surface area contributed by atoms with Crippen LogP contribution in [0.25, 0.3) is 0 Å². The minimum absolute atomic E-state index is 0.573. The Morgan fingerprint density at radius 1 is 1.42 bits per heavy atom. The summed E-state index contributed by atoms with van der Waals surface area (Å²) in [6.07, 6.45) is 0. The molecular weight excluding hydrogens is 182 g/mol. The van der Waals surface area contributed by atoms with E-state index in [9.17, 15) is 13.2 Å². The highest BCUT2D eigenvalue weighted by atomic mass is 32.2. The number of methoxy groups -OCH3 is 1. The molecule has 12 heavy (non-hydrogen) atoms. The van der Waals surface area contributed by atoms with Gasteiger partial charge in [-0.05, 0) is 6.92 Å². The molecule has 0 bridgehead atoms. The van der Waals surface area contributed by atoms with E-state index in [0.717, 1.165) is 0 Å². The van der Waals surface area contributed by atoms with Crippen LogP contribution in [-0.4, -0.2) is 26.7 Å². The van der Waals surface area contributed by atoms with Crippen LogP contribution in [0.2, 0.25) is 0 Å². The van der Waals surface area contributed by atoms with E-state index in [4.69, 9.17) is 5.14 Å². The van der Waals surface area contributed by atoms with Gasteiger partial charge in [-0.2, -0.15) is 0 Å². The van der Waals surface area contributed by atoms with E-state index in [1.807, 2.05) is 0 Å². The lowest BCUT2D eigenvalue weighted by Crippen LogP contribution is -2.35. The second-order valence-electron chi connectivity index (χ2n) is 2.61. The molecule has 72 valence electrons. The fourth-order valence-corrected chi connectivity index (χ4v) is 1.34. The molecule has 0 aliphatic carbocycles. The highest BCUT2D eigenvalue weighted by Gasteiger charge is 2.28. The molecule has 0 spiro atoms. The molecule has 0 aromatic heterocycles. The Morgan fingerprint density at radius 3 is 2.08 bits per heavy atom. The molecule has 0 fully saturated rings. The summed E-state index contributed by atoms with van der Waals surface area (Å²) in [5.41, 5.74) is 0. The number of sulfonamides is 1. The molecule has 0 aromatic carbocycles. The van der Waals surface area contributed by atoms with Gasteiger partial charge in [-0.3, -0.25) is 4.79 Å². The largest absolute Gasteiger partial charge is 0.469 e. The zero-order valence-electron chi connectivity index (χ0n) is 7.27. The molecule has 2 N–H and O–H groups in total. The predicted molar refractivity (Wildman–Crippen MR) is 43.7 cm³/mol. The third-order valence-corrected chi connectivity index (χ3v) is 3.24. The number of rotatable bonds is 3. The van der Waals surface area contributed by atoms with Crippen molar-refractivity contribution in [3.8, 4) is 0 Å². The molecule has 0 saturated carbocycles. The molecule has 0 rings (SSSR count). The summed E-state index contributed by atoms with van der Waals surface area (Å²) in [4.78, 5) is 10.9. The van der Waals surface area contributed by atoms with Crippen molar-refractivity contribution in [2.24, 2.45) is 11.1 Å². The van der Waals surface area contributed by atoms with Gasteiger partial charge in [-0.15, -0.1) is 0 Å². The normalized spacial score (nSPS) is 16.7. The third kappa shape index (κ3) is 2.78. The zero-order valence-corrected chi connectivity index (χ0v) is 8.09. The van der Waals surface area contributed by atoms with Crippen molar-refractivity contribution in [1.29, 1.82) is 0 Å². The van der Waals surface area contributed by atoms with E-state index in [1.165, 1.54) is 21.0 Å². The number of carbonyl (C=O) groups excluding carboxylic acids is 1. The van der Waals surface area contributed by atoms with Crippen molar-refractivity contribution in [1.82, 2.24) is 0 Å². The first kappa shape index (κ1) is 11.4. The summed E-state index contributed by atoms with van der Waals surface area (Å²) in [6.45, 7) is 2.83. The number of primary sulfonamides is 1. The van der Waals surface area contributed by atoms with Crippen LogP contribution in [-0.2, 0) is 19.6 Å². The summed E-state index contributed by atoms with van der Waals surface area (Å²) in [5.74, 6) is -1.30. The van der Waals surface area contributed by atoms with Gasteiger partial charge in [-0.1, -0.05) is 6.92 Å². The Morgan fingerprint density at radius 2 is 1.83 bits per heavy atom. The quantitative estimate of drug-likeness (QED) is 0.613. The first-order valence-corrected chi connectivity index (χ1v) is 5.01. The van der Waals surface area contributed by atoms with Gasteiger partial charge in [0.15, 0.2) is 0 Å². The molecule has 0 saturated heterocycles. The summed E-state index contributed by atoms with van der Waals surface area (Å²) < 4.78 is 25.9. The van der Waals surface area contributed by atoms with Gasteiger partial charge in [0.05, 0.1) is 18.3 Å². The van der Waals surface area contributed by atoms with Gasteiger partial charge in [-0.25, -0.2) is 13.6 Å². The topological polar surface area (TPSA) is 86.5 Å². The van der Waals surface area contributed by atoms with Gasteiger partial charge in [0.2, 0.25) is 10.0 Å². The molecular formula is C6H13NO4S.